The molecule has 2 amide bonds. The van der Waals surface area contributed by atoms with Crippen LogP contribution in [0.4, 0.5) is 5.69 Å². The van der Waals surface area contributed by atoms with E-state index in [0.29, 0.717) is 18.1 Å². The van der Waals surface area contributed by atoms with E-state index in [-0.39, 0.29) is 24.2 Å². The Kier molecular flexibility index (Phi) is 5.09. The number of carbonyl (C=O) groups excluding carboxylic acids is 2. The Labute approximate surface area is 152 Å². The third-order valence-corrected chi connectivity index (χ3v) is 4.78. The summed E-state index contributed by atoms with van der Waals surface area (Å²) in [6, 6.07) is 13.4. The third kappa shape index (κ3) is 4.02. The molecule has 0 saturated carbocycles. The number of hydrogen-bond donors (Lipinski definition) is 1. The molecular weight excluding hydrogens is 336 g/mol. The van der Waals surface area contributed by atoms with Crippen LogP contribution in [-0.4, -0.2) is 18.4 Å². The number of rotatable bonds is 4. The largest absolute Gasteiger partial charge is 0.352 e. The number of nitrogens with one attached hydrogen (secondary N) is 1. The van der Waals surface area contributed by atoms with Gasteiger partial charge in [-0.05, 0) is 48.7 Å². The molecule has 1 unspecified atom stereocenters. The maximum absolute atomic E-state index is 12.4. The number of amides is 2. The molecule has 1 N–H and O–H groups in total. The van der Waals surface area contributed by atoms with Gasteiger partial charge in [-0.1, -0.05) is 35.9 Å². The lowest BCUT2D eigenvalue weighted by Crippen LogP contribution is -2.32. The number of hydrogen-bond acceptors (Lipinski definition) is 2. The minimum absolute atomic E-state index is 0.000318. The number of halogens is 1. The highest BCUT2D eigenvalue weighted by Gasteiger charge is 2.35. The lowest BCUT2D eigenvalue weighted by atomic mass is 10.1. The van der Waals surface area contributed by atoms with Crippen LogP contribution >= 0.6 is 11.6 Å². The molecule has 0 aromatic heterocycles. The summed E-state index contributed by atoms with van der Waals surface area (Å²) in [4.78, 5) is 26.6. The van der Waals surface area contributed by atoms with E-state index in [1.165, 1.54) is 0 Å². The second-order valence-electron chi connectivity index (χ2n) is 6.54. The van der Waals surface area contributed by atoms with Crippen molar-refractivity contribution in [2.24, 2.45) is 5.92 Å². The molecule has 4 nitrogen and oxygen atoms in total. The van der Waals surface area contributed by atoms with Crippen molar-refractivity contribution in [1.29, 1.82) is 0 Å². The maximum Gasteiger partial charge on any atom is 0.227 e. The Morgan fingerprint density at radius 1 is 1.20 bits per heavy atom. The molecule has 1 fully saturated rings. The molecule has 25 heavy (non-hydrogen) atoms. The summed E-state index contributed by atoms with van der Waals surface area (Å²) in [5.41, 5.74) is 4.02. The van der Waals surface area contributed by atoms with Crippen LogP contribution in [0.3, 0.4) is 0 Å². The predicted octanol–water partition coefficient (Wildman–Crippen LogP) is 3.63. The standard InChI is InChI=1S/C20H21ClN2O2/c1-13-3-4-14(2)18(9-13)23-12-16(10-19(23)24)20(25)22-11-15-5-7-17(21)8-6-15/h3-9,16H,10-12H2,1-2H3,(H,22,25). The van der Waals surface area contributed by atoms with Crippen LogP contribution in [0, 0.1) is 19.8 Å². The first-order valence-electron chi connectivity index (χ1n) is 8.34. The number of aryl methyl sites for hydroxylation is 2. The third-order valence-electron chi connectivity index (χ3n) is 4.53. The molecule has 1 aliphatic rings. The Morgan fingerprint density at radius 3 is 2.64 bits per heavy atom. The van der Waals surface area contributed by atoms with Crippen molar-refractivity contribution in [3.63, 3.8) is 0 Å². The van der Waals surface area contributed by atoms with Gasteiger partial charge in [-0.15, -0.1) is 0 Å². The summed E-state index contributed by atoms with van der Waals surface area (Å²) in [6.07, 6.45) is 0.250. The predicted molar refractivity (Wildman–Crippen MR) is 99.7 cm³/mol. The van der Waals surface area contributed by atoms with E-state index >= 15 is 0 Å². The molecule has 5 heteroatoms. The van der Waals surface area contributed by atoms with Gasteiger partial charge in [0.1, 0.15) is 0 Å². The smallest absolute Gasteiger partial charge is 0.227 e. The van der Waals surface area contributed by atoms with Crippen LogP contribution in [0.25, 0.3) is 0 Å². The van der Waals surface area contributed by atoms with Gasteiger partial charge in [0.2, 0.25) is 11.8 Å². The van der Waals surface area contributed by atoms with Gasteiger partial charge in [0.25, 0.3) is 0 Å². The van der Waals surface area contributed by atoms with Gasteiger partial charge < -0.3 is 10.2 Å². The fourth-order valence-corrected chi connectivity index (χ4v) is 3.19. The quantitative estimate of drug-likeness (QED) is 0.909. The first kappa shape index (κ1) is 17.5. The van der Waals surface area contributed by atoms with Crippen LogP contribution in [-0.2, 0) is 16.1 Å². The molecular formula is C20H21ClN2O2. The van der Waals surface area contributed by atoms with E-state index in [4.69, 9.17) is 11.6 Å². The van der Waals surface area contributed by atoms with Gasteiger partial charge in [-0.2, -0.15) is 0 Å². The summed E-state index contributed by atoms with van der Waals surface area (Å²) in [7, 11) is 0. The van der Waals surface area contributed by atoms with Gasteiger partial charge in [0.05, 0.1) is 5.92 Å². The van der Waals surface area contributed by atoms with Crippen molar-refractivity contribution in [2.75, 3.05) is 11.4 Å². The van der Waals surface area contributed by atoms with Crippen LogP contribution in [0.15, 0.2) is 42.5 Å². The van der Waals surface area contributed by atoms with Gasteiger partial charge >= 0.3 is 0 Å². The Hall–Kier alpha value is -2.33. The summed E-state index contributed by atoms with van der Waals surface area (Å²) < 4.78 is 0. The monoisotopic (exact) mass is 356 g/mol. The van der Waals surface area contributed by atoms with Gasteiger partial charge in [0, 0.05) is 30.2 Å². The van der Waals surface area contributed by atoms with E-state index < -0.39 is 0 Å². The van der Waals surface area contributed by atoms with Crippen LogP contribution in [0.5, 0.6) is 0 Å². The van der Waals surface area contributed by atoms with E-state index in [1.807, 2.05) is 44.2 Å². The van der Waals surface area contributed by atoms with E-state index in [1.54, 1.807) is 17.0 Å². The van der Waals surface area contributed by atoms with Gasteiger partial charge in [-0.3, -0.25) is 9.59 Å². The topological polar surface area (TPSA) is 49.4 Å². The second-order valence-corrected chi connectivity index (χ2v) is 6.98. The minimum Gasteiger partial charge on any atom is -0.352 e. The zero-order valence-corrected chi connectivity index (χ0v) is 15.1. The Morgan fingerprint density at radius 2 is 1.92 bits per heavy atom. The number of carbonyl (C=O) groups is 2. The number of anilines is 1. The molecule has 1 atom stereocenters. The molecule has 130 valence electrons. The molecule has 0 radical (unpaired) electrons. The average molecular weight is 357 g/mol. The molecule has 0 bridgehead atoms. The minimum atomic E-state index is -0.320. The fraction of sp³-hybridized carbons (Fsp3) is 0.300. The molecule has 0 aliphatic carbocycles. The zero-order chi connectivity index (χ0) is 18.0. The molecule has 0 spiro atoms. The highest BCUT2D eigenvalue weighted by Crippen LogP contribution is 2.28. The van der Waals surface area contributed by atoms with Crippen molar-refractivity contribution in [1.82, 2.24) is 5.32 Å². The van der Waals surface area contributed by atoms with Crippen LogP contribution < -0.4 is 10.2 Å². The van der Waals surface area contributed by atoms with Crippen LogP contribution in [0.1, 0.15) is 23.1 Å². The normalized spacial score (nSPS) is 17.0. The summed E-state index contributed by atoms with van der Waals surface area (Å²) in [5.74, 6) is -0.406. The van der Waals surface area contributed by atoms with Crippen molar-refractivity contribution in [3.05, 3.63) is 64.2 Å². The van der Waals surface area contributed by atoms with E-state index in [2.05, 4.69) is 5.32 Å². The molecule has 2 aromatic rings. The van der Waals surface area contributed by atoms with Crippen LogP contribution in [0.2, 0.25) is 5.02 Å². The van der Waals surface area contributed by atoms with Crippen molar-refractivity contribution in [2.45, 2.75) is 26.8 Å². The molecule has 1 saturated heterocycles. The molecule has 1 aliphatic heterocycles. The van der Waals surface area contributed by atoms with Crippen molar-refractivity contribution in [3.8, 4) is 0 Å². The molecule has 3 rings (SSSR count). The summed E-state index contributed by atoms with van der Waals surface area (Å²) in [5, 5.41) is 3.59. The average Bonchev–Trinajstić information content (AvgIpc) is 2.98. The van der Waals surface area contributed by atoms with Gasteiger partial charge in [0.15, 0.2) is 0 Å². The lowest BCUT2D eigenvalue weighted by Gasteiger charge is -2.19. The van der Waals surface area contributed by atoms with Gasteiger partial charge in [-0.25, -0.2) is 0 Å². The maximum atomic E-state index is 12.4. The second kappa shape index (κ2) is 7.28. The first-order chi connectivity index (χ1) is 11.9. The van der Waals surface area contributed by atoms with E-state index in [9.17, 15) is 9.59 Å². The first-order valence-corrected chi connectivity index (χ1v) is 8.71. The highest BCUT2D eigenvalue weighted by molar-refractivity contribution is 6.30. The Balaban J connectivity index is 1.64. The SMILES string of the molecule is Cc1ccc(C)c(N2CC(C(=O)NCc3ccc(Cl)cc3)CC2=O)c1. The van der Waals surface area contributed by atoms with Crippen molar-refractivity contribution < 1.29 is 9.59 Å². The number of nitrogens with zero attached hydrogens (tertiary/aromatic N) is 1. The number of benzene rings is 2. The molecule has 1 heterocycles. The highest BCUT2D eigenvalue weighted by atomic mass is 35.5. The lowest BCUT2D eigenvalue weighted by molar-refractivity contribution is -0.126. The summed E-state index contributed by atoms with van der Waals surface area (Å²) in [6.45, 7) is 4.84. The summed E-state index contributed by atoms with van der Waals surface area (Å²) >= 11 is 5.86. The zero-order valence-electron chi connectivity index (χ0n) is 14.4. The van der Waals surface area contributed by atoms with E-state index in [0.717, 1.165) is 22.4 Å². The Bertz CT molecular complexity index is 802. The molecule has 2 aromatic carbocycles. The van der Waals surface area contributed by atoms with Crippen molar-refractivity contribution >= 4 is 29.1 Å². The fourth-order valence-electron chi connectivity index (χ4n) is 3.06.